The van der Waals surface area contributed by atoms with Crippen molar-refractivity contribution in [3.63, 3.8) is 0 Å². The minimum atomic E-state index is -1.11. The van der Waals surface area contributed by atoms with E-state index in [1.54, 1.807) is 7.11 Å². The van der Waals surface area contributed by atoms with Crippen molar-refractivity contribution in [3.8, 4) is 11.1 Å². The van der Waals surface area contributed by atoms with Crippen LogP contribution in [-0.4, -0.2) is 56.4 Å². The second-order valence-corrected chi connectivity index (χ2v) is 23.0. The van der Waals surface area contributed by atoms with Crippen molar-refractivity contribution in [2.24, 2.45) is 56.7 Å². The molecule has 1 amide bonds. The molecule has 352 valence electrons. The lowest BCUT2D eigenvalue weighted by molar-refractivity contribution is -0.369. The van der Waals surface area contributed by atoms with Crippen LogP contribution in [0.15, 0.2) is 90.5 Å². The lowest BCUT2D eigenvalue weighted by Gasteiger charge is -2.72. The number of alkyl carbamates (subject to hydrolysis) is 1. The van der Waals surface area contributed by atoms with Gasteiger partial charge in [0.25, 0.3) is 0 Å². The number of nitrogens with one attached hydrogen (secondary N) is 1. The summed E-state index contributed by atoms with van der Waals surface area (Å²) in [7, 11) is 1.57. The maximum absolute atomic E-state index is 15.0. The van der Waals surface area contributed by atoms with Crippen molar-refractivity contribution in [1.29, 1.82) is 0 Å². The molecular formula is C57H71NO8. The smallest absolute Gasteiger partial charge is 0.408 e. The molecule has 0 unspecified atom stereocenters. The number of benzene rings is 3. The van der Waals surface area contributed by atoms with E-state index in [4.69, 9.17) is 23.7 Å². The summed E-state index contributed by atoms with van der Waals surface area (Å²) in [5.74, 6) is -0.00895. The zero-order valence-corrected chi connectivity index (χ0v) is 40.6. The standard InChI is InChI=1S/C57H71NO8/c1-34-25-28-57(50(60)62-9)30-29-55(7)42(46(57)35(34)2)23-24-45-53(5)31-43(48-54(6,33-64-52(3,4)66-48)44(53)26-27-56(45,55)8)65-49(59)47(36-17-11-10-12-18-36)58-51(61)63-32-41-39-21-15-13-19-37(39)38-20-14-16-22-40(38)41/h10-23,34-35,41,43-48H,24-33H2,1-9H3,(H,58,61)/t34-,35+,43-,44-,45-,46+,47-,48+,53+,54+,55-,56-,57+/m1/s1. The van der Waals surface area contributed by atoms with Gasteiger partial charge >= 0.3 is 18.0 Å². The van der Waals surface area contributed by atoms with Crippen molar-refractivity contribution in [2.45, 2.75) is 137 Å². The van der Waals surface area contributed by atoms with Gasteiger partial charge in [0.1, 0.15) is 18.8 Å². The Morgan fingerprint density at radius 1 is 0.788 bits per heavy atom. The summed E-state index contributed by atoms with van der Waals surface area (Å²) < 4.78 is 32.0. The first-order valence-corrected chi connectivity index (χ1v) is 24.9. The summed E-state index contributed by atoms with van der Waals surface area (Å²) in [6.45, 7) is 19.1. The molecule has 10 rings (SSSR count). The maximum Gasteiger partial charge on any atom is 0.408 e. The average Bonchev–Trinajstić information content (AvgIpc) is 3.62. The fourth-order valence-corrected chi connectivity index (χ4v) is 16.0. The number of hydrogen-bond acceptors (Lipinski definition) is 8. The number of allylic oxidation sites excluding steroid dienone is 2. The van der Waals surface area contributed by atoms with Crippen molar-refractivity contribution < 1.29 is 38.1 Å². The minimum Gasteiger partial charge on any atom is -0.469 e. The van der Waals surface area contributed by atoms with Gasteiger partial charge < -0.3 is 29.0 Å². The van der Waals surface area contributed by atoms with E-state index < -0.39 is 46.9 Å². The molecule has 1 aliphatic heterocycles. The molecule has 1 N–H and O–H groups in total. The number of rotatable bonds is 7. The lowest BCUT2D eigenvalue weighted by atomic mass is 9.33. The molecule has 1 heterocycles. The Hall–Kier alpha value is -4.47. The number of esters is 2. The Balaban J connectivity index is 0.955. The van der Waals surface area contributed by atoms with Gasteiger partial charge in [-0.1, -0.05) is 132 Å². The largest absolute Gasteiger partial charge is 0.469 e. The van der Waals surface area contributed by atoms with E-state index in [-0.39, 0.29) is 52.5 Å². The molecule has 9 heteroatoms. The van der Waals surface area contributed by atoms with Crippen molar-refractivity contribution in [1.82, 2.24) is 5.32 Å². The van der Waals surface area contributed by atoms with Crippen molar-refractivity contribution >= 4 is 18.0 Å². The van der Waals surface area contributed by atoms with Gasteiger partial charge in [0.2, 0.25) is 0 Å². The molecule has 0 bridgehead atoms. The molecule has 13 atom stereocenters. The molecule has 7 aliphatic rings. The van der Waals surface area contributed by atoms with Crippen LogP contribution in [0.25, 0.3) is 11.1 Å². The van der Waals surface area contributed by atoms with Crippen LogP contribution in [0, 0.1) is 56.7 Å². The van der Waals surface area contributed by atoms with Gasteiger partial charge in [0.15, 0.2) is 11.8 Å². The Kier molecular flexibility index (Phi) is 11.0. The van der Waals surface area contributed by atoms with Crippen LogP contribution < -0.4 is 5.32 Å². The molecular weight excluding hydrogens is 827 g/mol. The third-order valence-electron chi connectivity index (χ3n) is 19.7. The van der Waals surface area contributed by atoms with Gasteiger partial charge in [-0.15, -0.1) is 0 Å². The van der Waals surface area contributed by atoms with Crippen molar-refractivity contribution in [3.05, 3.63) is 107 Å². The molecule has 66 heavy (non-hydrogen) atoms. The summed E-state index contributed by atoms with van der Waals surface area (Å²) in [6, 6.07) is 24.7. The van der Waals surface area contributed by atoms with E-state index in [0.29, 0.717) is 30.4 Å². The summed E-state index contributed by atoms with van der Waals surface area (Å²) in [4.78, 5) is 42.8. The van der Waals surface area contributed by atoms with E-state index in [0.717, 1.165) is 67.2 Å². The molecule has 5 fully saturated rings. The first kappa shape index (κ1) is 45.3. The molecule has 6 aliphatic carbocycles. The zero-order valence-electron chi connectivity index (χ0n) is 40.6. The van der Waals surface area contributed by atoms with Gasteiger partial charge in [-0.3, -0.25) is 4.79 Å². The number of methoxy groups -OCH3 is 1. The van der Waals surface area contributed by atoms with Crippen molar-refractivity contribution in [2.75, 3.05) is 20.3 Å². The molecule has 4 saturated carbocycles. The summed E-state index contributed by atoms with van der Waals surface area (Å²) >= 11 is 0. The van der Waals surface area contributed by atoms with Crippen LogP contribution in [0.1, 0.15) is 135 Å². The lowest BCUT2D eigenvalue weighted by Crippen LogP contribution is -2.71. The van der Waals surface area contributed by atoms with Gasteiger partial charge in [-0.05, 0) is 139 Å². The number of carbonyl (C=O) groups is 3. The molecule has 0 radical (unpaired) electrons. The van der Waals surface area contributed by atoms with Gasteiger partial charge in [0.05, 0.1) is 19.1 Å². The van der Waals surface area contributed by atoms with E-state index in [2.05, 4.69) is 77.2 Å². The quantitative estimate of drug-likeness (QED) is 0.142. The maximum atomic E-state index is 15.0. The third-order valence-corrected chi connectivity index (χ3v) is 19.7. The normalized spacial score (nSPS) is 38.8. The third kappa shape index (κ3) is 6.70. The number of amides is 1. The zero-order chi connectivity index (χ0) is 46.6. The number of fused-ring (bicyclic) bond motifs is 12. The first-order valence-electron chi connectivity index (χ1n) is 24.9. The number of ether oxygens (including phenoxy) is 5. The molecule has 9 nitrogen and oxygen atoms in total. The highest BCUT2D eigenvalue weighted by atomic mass is 16.7. The number of hydrogen-bond donors (Lipinski definition) is 1. The van der Waals surface area contributed by atoms with E-state index >= 15 is 0 Å². The monoisotopic (exact) mass is 898 g/mol. The molecule has 3 aromatic carbocycles. The SMILES string of the molecule is COC(=O)[C@]12CC[C@@H](C)[C@H](C)[C@H]1C1=CC[C@@H]3[C@@]4(C)C[C@@H](OC(=O)[C@H](NC(=O)OCC5c6ccccc6-c6ccccc65)c5ccccc5)[C@@H]5OC(C)(C)OC[C@@]5(C)[C@@H]4CC[C@@]3(C)[C@]1(C)CC2. The predicted octanol–water partition coefficient (Wildman–Crippen LogP) is 11.8. The second-order valence-electron chi connectivity index (χ2n) is 23.0. The molecule has 1 saturated heterocycles. The van der Waals surface area contributed by atoms with Crippen LogP contribution in [-0.2, 0) is 33.3 Å². The number of carbonyl (C=O) groups excluding carboxylic acids is 3. The Labute approximate surface area is 392 Å². The summed E-state index contributed by atoms with van der Waals surface area (Å²) in [5.41, 5.74) is 5.24. The average molecular weight is 898 g/mol. The van der Waals surface area contributed by atoms with E-state index in [9.17, 15) is 14.4 Å². The second kappa shape index (κ2) is 16.1. The van der Waals surface area contributed by atoms with Crippen LogP contribution in [0.5, 0.6) is 0 Å². The predicted molar refractivity (Wildman–Crippen MR) is 253 cm³/mol. The summed E-state index contributed by atoms with van der Waals surface area (Å²) in [6.07, 6.45) is 8.13. The minimum absolute atomic E-state index is 0.0322. The fourth-order valence-electron chi connectivity index (χ4n) is 16.0. The van der Waals surface area contributed by atoms with Crippen LogP contribution in [0.4, 0.5) is 4.79 Å². The topological polar surface area (TPSA) is 109 Å². The van der Waals surface area contributed by atoms with Crippen LogP contribution >= 0.6 is 0 Å². The Bertz CT molecular complexity index is 2380. The van der Waals surface area contributed by atoms with Gasteiger partial charge in [-0.25, -0.2) is 9.59 Å². The van der Waals surface area contributed by atoms with Gasteiger partial charge in [0, 0.05) is 11.3 Å². The Morgan fingerprint density at radius 2 is 1.45 bits per heavy atom. The van der Waals surface area contributed by atoms with Crippen LogP contribution in [0.2, 0.25) is 0 Å². The van der Waals surface area contributed by atoms with E-state index in [1.165, 1.54) is 5.57 Å². The highest BCUT2D eigenvalue weighted by Gasteiger charge is 2.72. The summed E-state index contributed by atoms with van der Waals surface area (Å²) in [5, 5.41) is 2.95. The fraction of sp³-hybridized carbons (Fsp3) is 0.596. The first-order chi connectivity index (χ1) is 31.4. The highest BCUT2D eigenvalue weighted by Crippen LogP contribution is 2.76. The Morgan fingerprint density at radius 3 is 2.14 bits per heavy atom. The molecule has 0 spiro atoms. The van der Waals surface area contributed by atoms with Crippen LogP contribution in [0.3, 0.4) is 0 Å². The van der Waals surface area contributed by atoms with E-state index in [1.807, 2.05) is 68.4 Å². The van der Waals surface area contributed by atoms with Gasteiger partial charge in [-0.2, -0.15) is 0 Å². The molecule has 0 aromatic heterocycles. The molecule has 3 aromatic rings. The highest BCUT2D eigenvalue weighted by molar-refractivity contribution is 5.83.